The van der Waals surface area contributed by atoms with Crippen molar-refractivity contribution in [2.75, 3.05) is 14.2 Å². The maximum Gasteiger partial charge on any atom is 0.337 e. The molecule has 0 bridgehead atoms. The van der Waals surface area contributed by atoms with Crippen LogP contribution in [0.25, 0.3) is 44.5 Å². The van der Waals surface area contributed by atoms with Gasteiger partial charge in [0.15, 0.2) is 0 Å². The first-order chi connectivity index (χ1) is 21.8. The first kappa shape index (κ1) is 30.3. The van der Waals surface area contributed by atoms with E-state index >= 15 is 0 Å². The molecular weight excluding hydrogens is 621 g/mol. The van der Waals surface area contributed by atoms with E-state index < -0.39 is 18.2 Å². The van der Waals surface area contributed by atoms with Gasteiger partial charge in [-0.25, -0.2) is 18.0 Å². The predicted octanol–water partition coefficient (Wildman–Crippen LogP) is 10.1. The number of aromatic nitrogens is 2. The number of rotatable bonds is 8. The number of ether oxygens (including phenoxy) is 2. The lowest BCUT2D eigenvalue weighted by atomic mass is 9.97. The van der Waals surface area contributed by atoms with Gasteiger partial charge in [0.1, 0.15) is 17.3 Å². The van der Waals surface area contributed by atoms with Crippen molar-refractivity contribution in [3.8, 4) is 39.4 Å². The Balaban J connectivity index is 1.61. The minimum atomic E-state index is -2.59. The third-order valence-electron chi connectivity index (χ3n) is 7.28. The third-order valence-corrected chi connectivity index (χ3v) is 8.64. The van der Waals surface area contributed by atoms with Crippen molar-refractivity contribution in [1.82, 2.24) is 8.96 Å². The van der Waals surface area contributed by atoms with Crippen LogP contribution in [0, 0.1) is 5.82 Å². The Bertz CT molecular complexity index is 2050. The highest BCUT2D eigenvalue weighted by Gasteiger charge is 2.25. The van der Waals surface area contributed by atoms with E-state index in [4.69, 9.17) is 21.1 Å². The van der Waals surface area contributed by atoms with Crippen LogP contribution in [0.4, 0.5) is 13.2 Å². The second kappa shape index (κ2) is 12.7. The molecule has 0 spiro atoms. The predicted molar refractivity (Wildman–Crippen MR) is 172 cm³/mol. The molecule has 10 heteroatoms. The molecule has 6 aromatic rings. The molecule has 226 valence electrons. The topological polar surface area (TPSA) is 53.4 Å². The standard InChI is InChI=1S/C35H24ClF3N2O3S/c1-43-30-7-4-16-40-32(30)31-27-19-24(37)11-15-29(27)41(45-25-12-8-20(9-13-25)34(38)39)33(31)22-6-3-5-21(17-22)26-14-10-23(18-28(26)36)35(42)44-2/h3-19,34H,1-2H3. The fraction of sp³-hybridized carbons (Fsp3) is 0.0857. The zero-order valence-electron chi connectivity index (χ0n) is 23.9. The van der Waals surface area contributed by atoms with Gasteiger partial charge in [-0.15, -0.1) is 0 Å². The maximum atomic E-state index is 14.9. The molecule has 4 aromatic carbocycles. The molecule has 0 aliphatic heterocycles. The Hall–Kier alpha value is -4.73. The summed E-state index contributed by atoms with van der Waals surface area (Å²) in [4.78, 5) is 17.4. The number of fused-ring (bicyclic) bond motifs is 1. The van der Waals surface area contributed by atoms with Crippen LogP contribution in [0.1, 0.15) is 22.3 Å². The van der Waals surface area contributed by atoms with Crippen molar-refractivity contribution < 1.29 is 27.4 Å². The van der Waals surface area contributed by atoms with Crippen molar-refractivity contribution in [3.63, 3.8) is 0 Å². The Morgan fingerprint density at radius 1 is 0.911 bits per heavy atom. The Kier molecular flexibility index (Phi) is 8.56. The van der Waals surface area contributed by atoms with E-state index in [9.17, 15) is 18.0 Å². The molecule has 0 radical (unpaired) electrons. The van der Waals surface area contributed by atoms with Crippen molar-refractivity contribution >= 4 is 40.4 Å². The lowest BCUT2D eigenvalue weighted by Crippen LogP contribution is -2.01. The first-order valence-corrected chi connectivity index (χ1v) is 14.8. The highest BCUT2D eigenvalue weighted by atomic mass is 35.5. The summed E-state index contributed by atoms with van der Waals surface area (Å²) in [6.45, 7) is 0. The molecule has 0 aliphatic carbocycles. The first-order valence-electron chi connectivity index (χ1n) is 13.7. The van der Waals surface area contributed by atoms with Crippen LogP contribution in [0.2, 0.25) is 5.02 Å². The smallest absolute Gasteiger partial charge is 0.337 e. The van der Waals surface area contributed by atoms with Gasteiger partial charge in [-0.1, -0.05) is 48.0 Å². The molecule has 0 N–H and O–H groups in total. The number of alkyl halides is 2. The molecule has 45 heavy (non-hydrogen) atoms. The van der Waals surface area contributed by atoms with Crippen LogP contribution in [-0.4, -0.2) is 29.1 Å². The molecule has 2 heterocycles. The van der Waals surface area contributed by atoms with Crippen LogP contribution in [0.15, 0.2) is 108 Å². The van der Waals surface area contributed by atoms with Crippen LogP contribution in [0.5, 0.6) is 5.75 Å². The lowest BCUT2D eigenvalue weighted by Gasteiger charge is -2.15. The number of hydrogen-bond acceptors (Lipinski definition) is 5. The van der Waals surface area contributed by atoms with Gasteiger partial charge in [0.05, 0.1) is 31.0 Å². The highest BCUT2D eigenvalue weighted by Crippen LogP contribution is 2.47. The summed E-state index contributed by atoms with van der Waals surface area (Å²) in [6, 6.07) is 26.7. The minimum Gasteiger partial charge on any atom is -0.494 e. The summed E-state index contributed by atoms with van der Waals surface area (Å²) in [5, 5.41) is 0.947. The van der Waals surface area contributed by atoms with E-state index in [0.717, 1.165) is 11.1 Å². The average Bonchev–Trinajstić information content (AvgIpc) is 3.37. The summed E-state index contributed by atoms with van der Waals surface area (Å²) in [5.74, 6) is -0.438. The van der Waals surface area contributed by atoms with Crippen molar-refractivity contribution in [1.29, 1.82) is 0 Å². The van der Waals surface area contributed by atoms with Gasteiger partial charge in [-0.3, -0.25) is 8.96 Å². The molecule has 6 rings (SSSR count). The number of pyridine rings is 1. The van der Waals surface area contributed by atoms with E-state index in [2.05, 4.69) is 4.98 Å². The van der Waals surface area contributed by atoms with Gasteiger partial charge in [0, 0.05) is 43.8 Å². The number of carbonyl (C=O) groups is 1. The quantitative estimate of drug-likeness (QED) is 0.154. The van der Waals surface area contributed by atoms with Gasteiger partial charge in [0.25, 0.3) is 6.43 Å². The molecule has 0 amide bonds. The number of hydrogen-bond donors (Lipinski definition) is 0. The molecule has 5 nitrogen and oxygen atoms in total. The summed E-state index contributed by atoms with van der Waals surface area (Å²) in [5.41, 5.74) is 4.93. The van der Waals surface area contributed by atoms with Crippen molar-refractivity contribution in [3.05, 3.63) is 125 Å². The van der Waals surface area contributed by atoms with E-state index in [1.807, 2.05) is 28.2 Å². The monoisotopic (exact) mass is 644 g/mol. The van der Waals surface area contributed by atoms with Gasteiger partial charge in [0.2, 0.25) is 0 Å². The molecule has 0 saturated heterocycles. The van der Waals surface area contributed by atoms with E-state index in [1.54, 1.807) is 61.8 Å². The minimum absolute atomic E-state index is 0.0827. The molecule has 0 unspecified atom stereocenters. The molecule has 0 aliphatic rings. The number of halogens is 4. The van der Waals surface area contributed by atoms with Gasteiger partial charge >= 0.3 is 5.97 Å². The molecular formula is C35H24ClF3N2O3S. The van der Waals surface area contributed by atoms with Crippen LogP contribution in [0.3, 0.4) is 0 Å². The van der Waals surface area contributed by atoms with E-state index in [0.29, 0.717) is 54.6 Å². The number of methoxy groups -OCH3 is 2. The SMILES string of the molecule is COC(=O)c1ccc(-c2cccc(-c3c(-c4ncccc4OC)c4cc(F)ccc4n3Sc3ccc(C(F)F)cc3)c2)c(Cl)c1. The van der Waals surface area contributed by atoms with Gasteiger partial charge < -0.3 is 9.47 Å². The number of benzene rings is 4. The summed E-state index contributed by atoms with van der Waals surface area (Å²) >= 11 is 7.96. The second-order valence-corrected chi connectivity index (χ2v) is 11.4. The molecule has 0 atom stereocenters. The van der Waals surface area contributed by atoms with Crippen LogP contribution in [-0.2, 0) is 4.74 Å². The van der Waals surface area contributed by atoms with Crippen LogP contribution < -0.4 is 4.74 Å². The largest absolute Gasteiger partial charge is 0.494 e. The summed E-state index contributed by atoms with van der Waals surface area (Å²) in [7, 11) is 2.85. The second-order valence-electron chi connectivity index (χ2n) is 9.96. The van der Waals surface area contributed by atoms with Gasteiger partial charge in [-0.2, -0.15) is 0 Å². The zero-order chi connectivity index (χ0) is 31.7. The number of esters is 1. The fourth-order valence-corrected chi connectivity index (χ4v) is 6.49. The molecule has 0 saturated carbocycles. The lowest BCUT2D eigenvalue weighted by molar-refractivity contribution is 0.0600. The summed E-state index contributed by atoms with van der Waals surface area (Å²) < 4.78 is 53.9. The number of nitrogens with zero attached hydrogens (tertiary/aromatic N) is 2. The summed E-state index contributed by atoms with van der Waals surface area (Å²) in [6.07, 6.45) is -0.950. The average molecular weight is 645 g/mol. The Morgan fingerprint density at radius 2 is 1.69 bits per heavy atom. The Labute approximate surface area is 266 Å². The normalized spacial score (nSPS) is 11.3. The maximum absolute atomic E-state index is 14.9. The van der Waals surface area contributed by atoms with Crippen LogP contribution >= 0.6 is 23.5 Å². The Morgan fingerprint density at radius 3 is 2.40 bits per heavy atom. The molecule has 0 fully saturated rings. The highest BCUT2D eigenvalue weighted by molar-refractivity contribution is 7.98. The van der Waals surface area contributed by atoms with Crippen molar-refractivity contribution in [2.24, 2.45) is 0 Å². The third kappa shape index (κ3) is 5.89. The van der Waals surface area contributed by atoms with Gasteiger partial charge in [-0.05, 0) is 78.2 Å². The van der Waals surface area contributed by atoms with E-state index in [-0.39, 0.29) is 5.56 Å². The fourth-order valence-electron chi connectivity index (χ4n) is 5.18. The molecule has 2 aromatic heterocycles. The van der Waals surface area contributed by atoms with E-state index in [1.165, 1.54) is 43.3 Å². The number of carbonyl (C=O) groups excluding carboxylic acids is 1. The zero-order valence-corrected chi connectivity index (χ0v) is 25.5. The van der Waals surface area contributed by atoms with Crippen molar-refractivity contribution in [2.45, 2.75) is 11.3 Å².